The summed E-state index contributed by atoms with van der Waals surface area (Å²) in [5.74, 6) is 0.613. The summed E-state index contributed by atoms with van der Waals surface area (Å²) in [4.78, 5) is 12.8. The Hall–Kier alpha value is -0.530. The third-order valence-electron chi connectivity index (χ3n) is 4.78. The minimum absolute atomic E-state index is 0.0114. The molecule has 0 bridgehead atoms. The molecule has 2 heteroatoms. The normalized spacial score (nSPS) is 27.3. The van der Waals surface area contributed by atoms with Crippen molar-refractivity contribution >= 4 is 5.97 Å². The molecule has 0 amide bonds. The number of hydrogen-bond acceptors (Lipinski definition) is 2. The van der Waals surface area contributed by atoms with Gasteiger partial charge in [-0.2, -0.15) is 0 Å². The molecule has 1 fully saturated rings. The van der Waals surface area contributed by atoms with Gasteiger partial charge in [0.15, 0.2) is 0 Å². The molecule has 1 aliphatic carbocycles. The molecule has 1 saturated carbocycles. The molecule has 0 saturated heterocycles. The summed E-state index contributed by atoms with van der Waals surface area (Å²) in [7, 11) is 0. The Kier molecular flexibility index (Phi) is 5.79. The van der Waals surface area contributed by atoms with E-state index >= 15 is 0 Å². The van der Waals surface area contributed by atoms with Crippen LogP contribution < -0.4 is 0 Å². The van der Waals surface area contributed by atoms with Crippen molar-refractivity contribution in [3.8, 4) is 0 Å². The van der Waals surface area contributed by atoms with Crippen molar-refractivity contribution in [1.29, 1.82) is 0 Å². The van der Waals surface area contributed by atoms with Crippen molar-refractivity contribution in [3.63, 3.8) is 0 Å². The van der Waals surface area contributed by atoms with Gasteiger partial charge in [0.2, 0.25) is 0 Å². The van der Waals surface area contributed by atoms with Crippen molar-refractivity contribution in [3.05, 3.63) is 0 Å². The summed E-state index contributed by atoms with van der Waals surface area (Å²) >= 11 is 0. The summed E-state index contributed by atoms with van der Waals surface area (Å²) in [5.41, 5.74) is 0.361. The minimum atomic E-state index is -0.0554. The molecule has 0 radical (unpaired) electrons. The van der Waals surface area contributed by atoms with Crippen LogP contribution in [0.3, 0.4) is 0 Å². The highest BCUT2D eigenvalue weighted by Gasteiger charge is 2.39. The molecule has 0 heterocycles. The molecule has 3 unspecified atom stereocenters. The average molecular weight is 311 g/mol. The fraction of sp³-hybridized carbons (Fsp3) is 0.950. The van der Waals surface area contributed by atoms with Gasteiger partial charge >= 0.3 is 5.97 Å². The lowest BCUT2D eigenvalue weighted by Crippen LogP contribution is -2.39. The van der Waals surface area contributed by atoms with Crippen LogP contribution in [0.25, 0.3) is 0 Å². The Morgan fingerprint density at radius 2 is 1.68 bits per heavy atom. The fourth-order valence-corrected chi connectivity index (χ4v) is 3.95. The zero-order valence-electron chi connectivity index (χ0n) is 16.4. The fourth-order valence-electron chi connectivity index (χ4n) is 3.95. The molecule has 0 aliphatic heterocycles. The van der Waals surface area contributed by atoms with Gasteiger partial charge in [-0.1, -0.05) is 62.3 Å². The first-order valence-corrected chi connectivity index (χ1v) is 8.90. The lowest BCUT2D eigenvalue weighted by Gasteiger charge is -2.40. The predicted octanol–water partition coefficient (Wildman–Crippen LogP) is 5.84. The maximum atomic E-state index is 12.8. The first-order valence-electron chi connectivity index (χ1n) is 8.90. The zero-order valence-corrected chi connectivity index (χ0v) is 16.4. The van der Waals surface area contributed by atoms with Gasteiger partial charge < -0.3 is 4.74 Å². The van der Waals surface area contributed by atoms with E-state index in [0.717, 1.165) is 19.3 Å². The highest BCUT2D eigenvalue weighted by molar-refractivity contribution is 5.73. The van der Waals surface area contributed by atoms with E-state index in [1.807, 2.05) is 0 Å². The van der Waals surface area contributed by atoms with Gasteiger partial charge in [0.1, 0.15) is 6.10 Å². The number of rotatable bonds is 3. The zero-order chi connectivity index (χ0) is 17.3. The molecule has 3 atom stereocenters. The summed E-state index contributed by atoms with van der Waals surface area (Å²) in [6, 6.07) is 0. The van der Waals surface area contributed by atoms with Crippen molar-refractivity contribution in [2.45, 2.75) is 94.1 Å². The molecule has 0 aromatic rings. The largest absolute Gasteiger partial charge is 0.462 e. The van der Waals surface area contributed by atoms with Crippen LogP contribution >= 0.6 is 0 Å². The van der Waals surface area contributed by atoms with E-state index in [1.165, 1.54) is 6.42 Å². The predicted molar refractivity (Wildman–Crippen MR) is 93.7 cm³/mol. The van der Waals surface area contributed by atoms with Gasteiger partial charge in [-0.15, -0.1) is 0 Å². The summed E-state index contributed by atoms with van der Waals surface area (Å²) in [6.45, 7) is 19.9. The van der Waals surface area contributed by atoms with Crippen LogP contribution in [0.2, 0.25) is 0 Å². The van der Waals surface area contributed by atoms with Gasteiger partial charge in [0, 0.05) is 0 Å². The smallest absolute Gasteiger partial charge is 0.309 e. The first kappa shape index (κ1) is 19.5. The van der Waals surface area contributed by atoms with E-state index in [9.17, 15) is 4.79 Å². The van der Waals surface area contributed by atoms with Crippen molar-refractivity contribution in [2.75, 3.05) is 0 Å². The summed E-state index contributed by atoms with van der Waals surface area (Å²) in [6.07, 6.45) is 4.21. The molecular weight excluding hydrogens is 272 g/mol. The second-order valence-electron chi connectivity index (χ2n) is 10.7. The summed E-state index contributed by atoms with van der Waals surface area (Å²) < 4.78 is 5.99. The van der Waals surface area contributed by atoms with E-state index < -0.39 is 0 Å². The number of hydrogen-bond donors (Lipinski definition) is 0. The standard InChI is InChI=1S/C20H38O2/c1-14-10-15(12-20(8,9)11-14)22-17(21)16(19(5,6)7)13-18(2,3)4/h14-16H,10-13H2,1-9H3. The SMILES string of the molecule is CC1CC(OC(=O)C(CC(C)(C)C)C(C)(C)C)CC(C)(C)C1. The van der Waals surface area contributed by atoms with E-state index in [-0.39, 0.29) is 34.2 Å². The maximum absolute atomic E-state index is 12.8. The molecular formula is C20H38O2. The van der Waals surface area contributed by atoms with Crippen LogP contribution in [0.5, 0.6) is 0 Å². The monoisotopic (exact) mass is 310 g/mol. The van der Waals surface area contributed by atoms with Crippen LogP contribution in [-0.4, -0.2) is 12.1 Å². The molecule has 130 valence electrons. The Labute approximate surface area is 138 Å². The second kappa shape index (κ2) is 6.53. The molecule has 0 aromatic carbocycles. The molecule has 0 N–H and O–H groups in total. The number of ether oxygens (including phenoxy) is 1. The average Bonchev–Trinajstić information content (AvgIpc) is 2.19. The second-order valence-corrected chi connectivity index (χ2v) is 10.7. The van der Waals surface area contributed by atoms with Gasteiger partial charge in [0.05, 0.1) is 5.92 Å². The molecule has 2 nitrogen and oxygen atoms in total. The highest BCUT2D eigenvalue weighted by Crippen LogP contribution is 2.41. The first-order chi connectivity index (χ1) is 9.70. The van der Waals surface area contributed by atoms with E-state index in [4.69, 9.17) is 4.74 Å². The molecule has 22 heavy (non-hydrogen) atoms. The third-order valence-corrected chi connectivity index (χ3v) is 4.78. The van der Waals surface area contributed by atoms with Gasteiger partial charge in [-0.25, -0.2) is 0 Å². The van der Waals surface area contributed by atoms with Gasteiger partial charge in [0.25, 0.3) is 0 Å². The van der Waals surface area contributed by atoms with Crippen LogP contribution in [0.15, 0.2) is 0 Å². The van der Waals surface area contributed by atoms with Crippen molar-refractivity contribution in [2.24, 2.45) is 28.1 Å². The molecule has 0 aromatic heterocycles. The van der Waals surface area contributed by atoms with Crippen LogP contribution in [-0.2, 0) is 9.53 Å². The molecule has 1 rings (SSSR count). The van der Waals surface area contributed by atoms with Gasteiger partial charge in [-0.05, 0) is 47.8 Å². The number of carbonyl (C=O) groups excluding carboxylic acids is 1. The van der Waals surface area contributed by atoms with Crippen LogP contribution in [0, 0.1) is 28.1 Å². The lowest BCUT2D eigenvalue weighted by molar-refractivity contribution is -0.163. The quantitative estimate of drug-likeness (QED) is 0.612. The van der Waals surface area contributed by atoms with Crippen molar-refractivity contribution < 1.29 is 9.53 Å². The Balaban J connectivity index is 2.79. The number of carbonyl (C=O) groups is 1. The van der Waals surface area contributed by atoms with E-state index in [1.54, 1.807) is 0 Å². The van der Waals surface area contributed by atoms with E-state index in [0.29, 0.717) is 5.92 Å². The third kappa shape index (κ3) is 6.30. The Morgan fingerprint density at radius 1 is 1.14 bits per heavy atom. The minimum Gasteiger partial charge on any atom is -0.462 e. The molecule has 1 aliphatic rings. The van der Waals surface area contributed by atoms with E-state index in [2.05, 4.69) is 62.3 Å². The highest BCUT2D eigenvalue weighted by atomic mass is 16.5. The molecule has 0 spiro atoms. The Bertz CT molecular complexity index is 381. The maximum Gasteiger partial charge on any atom is 0.309 e. The Morgan fingerprint density at radius 3 is 2.09 bits per heavy atom. The van der Waals surface area contributed by atoms with Crippen molar-refractivity contribution in [1.82, 2.24) is 0 Å². The lowest BCUT2D eigenvalue weighted by atomic mass is 9.71. The topological polar surface area (TPSA) is 26.3 Å². The number of esters is 1. The van der Waals surface area contributed by atoms with Crippen LogP contribution in [0.4, 0.5) is 0 Å². The van der Waals surface area contributed by atoms with Crippen LogP contribution in [0.1, 0.15) is 88.0 Å². The van der Waals surface area contributed by atoms with Gasteiger partial charge in [-0.3, -0.25) is 4.79 Å². The summed E-state index contributed by atoms with van der Waals surface area (Å²) in [5, 5.41) is 0.